The smallest absolute Gasteiger partial charge is 0.268 e. The van der Waals surface area contributed by atoms with Gasteiger partial charge in [-0.25, -0.2) is 0 Å². The van der Waals surface area contributed by atoms with Crippen molar-refractivity contribution >= 4 is 29.5 Å². The standard InChI is InChI=1S/C18H21ClN4O2/c1-3-4-12-23-17(19)15(13(2)22-23)10-11-16(24)20-21-18(25)14-8-6-5-7-9-14/h5-11H,3-4,12H2,1-2H3,(H,20,24)(H,21,25)/b11-10+. The first kappa shape index (κ1) is 18.7. The second-order valence-corrected chi connectivity index (χ2v) is 5.87. The molecule has 1 heterocycles. The van der Waals surface area contributed by atoms with Crippen LogP contribution in [0.3, 0.4) is 0 Å². The summed E-state index contributed by atoms with van der Waals surface area (Å²) < 4.78 is 1.73. The molecule has 0 saturated heterocycles. The molecule has 7 heteroatoms. The second-order valence-electron chi connectivity index (χ2n) is 5.51. The minimum atomic E-state index is -0.457. The molecular formula is C18H21ClN4O2. The van der Waals surface area contributed by atoms with E-state index in [0.717, 1.165) is 25.1 Å². The van der Waals surface area contributed by atoms with Gasteiger partial charge in [-0.2, -0.15) is 5.10 Å². The Labute approximate surface area is 151 Å². The number of carbonyl (C=O) groups is 2. The molecule has 1 aromatic heterocycles. The van der Waals surface area contributed by atoms with Gasteiger partial charge in [0, 0.05) is 23.7 Å². The first-order chi connectivity index (χ1) is 12.0. The van der Waals surface area contributed by atoms with Crippen molar-refractivity contribution in [2.45, 2.75) is 33.2 Å². The third kappa shape index (κ3) is 5.19. The molecule has 0 bridgehead atoms. The van der Waals surface area contributed by atoms with Crippen molar-refractivity contribution in [1.29, 1.82) is 0 Å². The van der Waals surface area contributed by atoms with Crippen LogP contribution in [0.15, 0.2) is 36.4 Å². The average Bonchev–Trinajstić information content (AvgIpc) is 2.90. The Bertz CT molecular complexity index is 769. The van der Waals surface area contributed by atoms with Gasteiger partial charge in [-0.1, -0.05) is 43.1 Å². The number of carbonyl (C=O) groups excluding carboxylic acids is 2. The number of unbranched alkanes of at least 4 members (excludes halogenated alkanes) is 1. The van der Waals surface area contributed by atoms with E-state index in [1.165, 1.54) is 6.08 Å². The molecule has 1 aromatic carbocycles. The van der Waals surface area contributed by atoms with Crippen molar-refractivity contribution in [3.05, 3.63) is 58.4 Å². The topological polar surface area (TPSA) is 76.0 Å². The Hall–Kier alpha value is -2.60. The minimum absolute atomic E-state index is 0.385. The van der Waals surface area contributed by atoms with Crippen LogP contribution in [0.1, 0.15) is 41.4 Å². The molecule has 25 heavy (non-hydrogen) atoms. The van der Waals surface area contributed by atoms with Gasteiger partial charge in [0.05, 0.1) is 5.69 Å². The quantitative estimate of drug-likeness (QED) is 0.613. The average molecular weight is 361 g/mol. The lowest BCUT2D eigenvalue weighted by Crippen LogP contribution is -2.40. The maximum Gasteiger partial charge on any atom is 0.269 e. The van der Waals surface area contributed by atoms with Crippen LogP contribution in [0.25, 0.3) is 6.08 Å². The van der Waals surface area contributed by atoms with Crippen LogP contribution in [-0.4, -0.2) is 21.6 Å². The number of hydrazine groups is 1. The molecule has 0 aliphatic rings. The number of hydrogen-bond acceptors (Lipinski definition) is 3. The zero-order chi connectivity index (χ0) is 18.2. The molecule has 132 valence electrons. The molecule has 2 amide bonds. The van der Waals surface area contributed by atoms with Gasteiger partial charge >= 0.3 is 0 Å². The summed E-state index contributed by atoms with van der Waals surface area (Å²) >= 11 is 6.30. The molecule has 2 rings (SSSR count). The van der Waals surface area contributed by atoms with Crippen molar-refractivity contribution in [1.82, 2.24) is 20.6 Å². The largest absolute Gasteiger partial charge is 0.269 e. The highest BCUT2D eigenvalue weighted by atomic mass is 35.5. The van der Waals surface area contributed by atoms with Gasteiger partial charge in [-0.05, 0) is 31.6 Å². The van der Waals surface area contributed by atoms with Crippen molar-refractivity contribution in [2.24, 2.45) is 0 Å². The number of amides is 2. The first-order valence-electron chi connectivity index (χ1n) is 8.09. The van der Waals surface area contributed by atoms with Crippen molar-refractivity contribution in [3.63, 3.8) is 0 Å². The molecule has 0 unspecified atom stereocenters. The van der Waals surface area contributed by atoms with Crippen LogP contribution in [0.2, 0.25) is 5.15 Å². The normalized spacial score (nSPS) is 10.8. The summed E-state index contributed by atoms with van der Waals surface area (Å²) in [6.07, 6.45) is 4.93. The molecule has 0 spiro atoms. The number of benzene rings is 1. The van der Waals surface area contributed by atoms with E-state index in [1.807, 2.05) is 13.0 Å². The molecule has 0 aliphatic heterocycles. The lowest BCUT2D eigenvalue weighted by Gasteiger charge is -2.04. The van der Waals surface area contributed by atoms with Crippen LogP contribution in [-0.2, 0) is 11.3 Å². The van der Waals surface area contributed by atoms with Crippen molar-refractivity contribution < 1.29 is 9.59 Å². The van der Waals surface area contributed by atoms with Gasteiger partial charge in [-0.15, -0.1) is 0 Å². The minimum Gasteiger partial charge on any atom is -0.268 e. The van der Waals surface area contributed by atoms with Crippen LogP contribution in [0.4, 0.5) is 0 Å². The van der Waals surface area contributed by atoms with Crippen LogP contribution < -0.4 is 10.9 Å². The van der Waals surface area contributed by atoms with Crippen LogP contribution >= 0.6 is 11.6 Å². The van der Waals surface area contributed by atoms with E-state index in [0.29, 0.717) is 16.3 Å². The van der Waals surface area contributed by atoms with Gasteiger partial charge in [0.25, 0.3) is 11.8 Å². The number of rotatable bonds is 6. The summed E-state index contributed by atoms with van der Waals surface area (Å²) in [7, 11) is 0. The van der Waals surface area contributed by atoms with E-state index in [-0.39, 0.29) is 5.91 Å². The number of halogens is 1. The third-order valence-corrected chi connectivity index (χ3v) is 3.97. The van der Waals surface area contributed by atoms with Gasteiger partial charge < -0.3 is 0 Å². The fourth-order valence-electron chi connectivity index (χ4n) is 2.19. The molecule has 2 N–H and O–H groups in total. The second kappa shape index (κ2) is 9.03. The molecule has 0 fully saturated rings. The third-order valence-electron chi connectivity index (χ3n) is 3.57. The lowest BCUT2D eigenvalue weighted by molar-refractivity contribution is -0.117. The number of aryl methyl sites for hydroxylation is 2. The van der Waals surface area contributed by atoms with Crippen LogP contribution in [0.5, 0.6) is 0 Å². The van der Waals surface area contributed by atoms with Gasteiger partial charge in [0.1, 0.15) is 5.15 Å². The summed E-state index contributed by atoms with van der Waals surface area (Å²) in [6.45, 7) is 4.67. The first-order valence-corrected chi connectivity index (χ1v) is 8.47. The number of nitrogens with one attached hydrogen (secondary N) is 2. The summed E-state index contributed by atoms with van der Waals surface area (Å²) in [5.74, 6) is -0.843. The van der Waals surface area contributed by atoms with Crippen LogP contribution in [0, 0.1) is 6.92 Å². The van der Waals surface area contributed by atoms with Crippen molar-refractivity contribution in [2.75, 3.05) is 0 Å². The van der Waals surface area contributed by atoms with Gasteiger partial charge in [0.2, 0.25) is 0 Å². The van der Waals surface area contributed by atoms with E-state index in [4.69, 9.17) is 11.6 Å². The summed E-state index contributed by atoms with van der Waals surface area (Å²) in [4.78, 5) is 23.7. The maximum absolute atomic E-state index is 11.9. The van der Waals surface area contributed by atoms with Gasteiger partial charge in [0.15, 0.2) is 0 Å². The molecule has 0 radical (unpaired) electrons. The molecule has 0 atom stereocenters. The highest BCUT2D eigenvalue weighted by Gasteiger charge is 2.11. The Balaban J connectivity index is 1.94. The predicted octanol–water partition coefficient (Wildman–Crippen LogP) is 3.12. The molecule has 6 nitrogen and oxygen atoms in total. The highest BCUT2D eigenvalue weighted by Crippen LogP contribution is 2.21. The predicted molar refractivity (Wildman–Crippen MR) is 98.0 cm³/mol. The summed E-state index contributed by atoms with van der Waals surface area (Å²) in [5, 5.41) is 4.87. The molecule has 0 saturated carbocycles. The molecular weight excluding hydrogens is 340 g/mol. The lowest BCUT2D eigenvalue weighted by atomic mass is 10.2. The monoisotopic (exact) mass is 360 g/mol. The highest BCUT2D eigenvalue weighted by molar-refractivity contribution is 6.31. The van der Waals surface area contributed by atoms with E-state index < -0.39 is 5.91 Å². The number of nitrogens with zero attached hydrogens (tertiary/aromatic N) is 2. The number of aromatic nitrogens is 2. The zero-order valence-electron chi connectivity index (χ0n) is 14.3. The molecule has 2 aromatic rings. The van der Waals surface area contributed by atoms with E-state index in [1.54, 1.807) is 35.0 Å². The number of hydrogen-bond donors (Lipinski definition) is 2. The summed E-state index contributed by atoms with van der Waals surface area (Å²) in [6, 6.07) is 8.62. The molecule has 0 aliphatic carbocycles. The SMILES string of the molecule is CCCCn1nc(C)c(/C=C/C(=O)NNC(=O)c2ccccc2)c1Cl. The fraction of sp³-hybridized carbons (Fsp3) is 0.278. The van der Waals surface area contributed by atoms with Gasteiger partial charge in [-0.3, -0.25) is 25.1 Å². The van der Waals surface area contributed by atoms with E-state index in [2.05, 4.69) is 22.9 Å². The van der Waals surface area contributed by atoms with Crippen molar-refractivity contribution in [3.8, 4) is 0 Å². The summed E-state index contributed by atoms with van der Waals surface area (Å²) in [5.41, 5.74) is 6.60. The maximum atomic E-state index is 11.9. The Morgan fingerprint density at radius 2 is 1.96 bits per heavy atom. The Morgan fingerprint density at radius 3 is 2.64 bits per heavy atom. The fourth-order valence-corrected chi connectivity index (χ4v) is 2.52. The Kier molecular flexibility index (Phi) is 6.77. The zero-order valence-corrected chi connectivity index (χ0v) is 15.0. The Morgan fingerprint density at radius 1 is 1.24 bits per heavy atom. The van der Waals surface area contributed by atoms with E-state index >= 15 is 0 Å². The van der Waals surface area contributed by atoms with E-state index in [9.17, 15) is 9.59 Å².